The maximum Gasteiger partial charge on any atom is 0.253 e. The average molecular weight is 297 g/mol. The third-order valence-electron chi connectivity index (χ3n) is 3.63. The number of nitrogens with zero attached hydrogens (tertiary/aromatic N) is 1. The molecule has 0 saturated carbocycles. The van der Waals surface area contributed by atoms with Gasteiger partial charge in [-0.2, -0.15) is 0 Å². The number of carbonyl (C=O) groups is 2. The van der Waals surface area contributed by atoms with Gasteiger partial charge in [-0.15, -0.1) is 0 Å². The predicted octanol–water partition coefficient (Wildman–Crippen LogP) is 0.694. The minimum atomic E-state index is -0.392. The molecule has 2 heterocycles. The van der Waals surface area contributed by atoms with E-state index in [2.05, 4.69) is 10.3 Å². The lowest BCUT2D eigenvalue weighted by Gasteiger charge is -2.17. The largest absolute Gasteiger partial charge is 0.343 e. The van der Waals surface area contributed by atoms with Crippen LogP contribution in [-0.2, 0) is 11.2 Å². The number of nitrogens with one attached hydrogen (secondary N) is 2. The first-order chi connectivity index (χ1) is 10.6. The summed E-state index contributed by atoms with van der Waals surface area (Å²) in [6.45, 7) is 0.555. The number of benzene rings is 1. The Kier molecular flexibility index (Phi) is 3.74. The van der Waals surface area contributed by atoms with E-state index in [9.17, 15) is 14.4 Å². The lowest BCUT2D eigenvalue weighted by molar-refractivity contribution is -0.117. The number of carbonyl (C=O) groups excluding carboxylic acids is 2. The summed E-state index contributed by atoms with van der Waals surface area (Å²) in [6.07, 6.45) is 2.16. The highest BCUT2D eigenvalue weighted by Gasteiger charge is 2.24. The Morgan fingerprint density at radius 1 is 1.18 bits per heavy atom. The first-order valence-corrected chi connectivity index (χ1v) is 7.00. The second kappa shape index (κ2) is 5.85. The maximum atomic E-state index is 12.3. The number of H-pyrrole nitrogens is 1. The highest BCUT2D eigenvalue weighted by molar-refractivity contribution is 6.01. The smallest absolute Gasteiger partial charge is 0.253 e. The van der Waals surface area contributed by atoms with E-state index >= 15 is 0 Å². The van der Waals surface area contributed by atoms with Gasteiger partial charge in [0, 0.05) is 24.5 Å². The van der Waals surface area contributed by atoms with E-state index in [4.69, 9.17) is 0 Å². The summed E-state index contributed by atoms with van der Waals surface area (Å²) >= 11 is 0. The third-order valence-corrected chi connectivity index (χ3v) is 3.63. The molecule has 1 aromatic heterocycles. The number of rotatable bonds is 3. The molecule has 0 aliphatic carbocycles. The Labute approximate surface area is 126 Å². The van der Waals surface area contributed by atoms with Gasteiger partial charge in [-0.1, -0.05) is 18.2 Å². The van der Waals surface area contributed by atoms with Crippen LogP contribution in [0.3, 0.4) is 0 Å². The van der Waals surface area contributed by atoms with Crippen LogP contribution in [0, 0.1) is 0 Å². The number of pyridine rings is 1. The number of para-hydroxylation sites is 1. The van der Waals surface area contributed by atoms with Crippen LogP contribution in [0.25, 0.3) is 0 Å². The molecule has 0 atom stereocenters. The molecule has 2 aromatic rings. The van der Waals surface area contributed by atoms with Crippen molar-refractivity contribution < 1.29 is 9.59 Å². The molecule has 2 amide bonds. The fraction of sp³-hybridized carbons (Fsp3) is 0.188. The molecule has 0 bridgehead atoms. The van der Waals surface area contributed by atoms with Crippen LogP contribution in [0.2, 0.25) is 0 Å². The van der Waals surface area contributed by atoms with Crippen molar-refractivity contribution in [1.29, 1.82) is 0 Å². The molecular weight excluding hydrogens is 282 g/mol. The van der Waals surface area contributed by atoms with Crippen LogP contribution in [0.4, 0.5) is 5.69 Å². The summed E-state index contributed by atoms with van der Waals surface area (Å²) in [5.41, 5.74) is 2.09. The van der Waals surface area contributed by atoms with Gasteiger partial charge in [-0.05, 0) is 24.1 Å². The van der Waals surface area contributed by atoms with Crippen molar-refractivity contribution in [1.82, 2.24) is 10.3 Å². The summed E-state index contributed by atoms with van der Waals surface area (Å²) < 4.78 is 0. The summed E-state index contributed by atoms with van der Waals surface area (Å²) in [7, 11) is 0. The predicted molar refractivity (Wildman–Crippen MR) is 81.9 cm³/mol. The second-order valence-corrected chi connectivity index (χ2v) is 5.05. The molecule has 0 radical (unpaired) electrons. The molecule has 2 N–H and O–H groups in total. The Morgan fingerprint density at radius 2 is 2.00 bits per heavy atom. The highest BCUT2D eigenvalue weighted by atomic mass is 16.2. The van der Waals surface area contributed by atoms with Gasteiger partial charge in [0.15, 0.2) is 0 Å². The number of fused-ring (bicyclic) bond motifs is 1. The minimum Gasteiger partial charge on any atom is -0.343 e. The molecule has 0 fully saturated rings. The van der Waals surface area contributed by atoms with Crippen molar-refractivity contribution in [2.75, 3.05) is 18.0 Å². The molecule has 6 heteroatoms. The lowest BCUT2D eigenvalue weighted by atomic mass is 10.2. The molecule has 1 aliphatic rings. The Balaban J connectivity index is 1.62. The maximum absolute atomic E-state index is 12.3. The molecule has 6 nitrogen and oxygen atoms in total. The minimum absolute atomic E-state index is 0.0771. The zero-order valence-corrected chi connectivity index (χ0v) is 11.8. The van der Waals surface area contributed by atoms with Gasteiger partial charge in [-0.3, -0.25) is 14.4 Å². The normalized spacial score (nSPS) is 12.8. The average Bonchev–Trinajstić information content (AvgIpc) is 2.97. The number of amides is 2. The molecule has 0 spiro atoms. The molecule has 1 aromatic carbocycles. The Morgan fingerprint density at radius 3 is 2.77 bits per heavy atom. The number of hydrogen-bond donors (Lipinski definition) is 2. The van der Waals surface area contributed by atoms with Crippen molar-refractivity contribution in [3.63, 3.8) is 0 Å². The van der Waals surface area contributed by atoms with Crippen LogP contribution in [0.15, 0.2) is 47.4 Å². The van der Waals surface area contributed by atoms with E-state index in [1.165, 1.54) is 18.3 Å². The number of anilines is 1. The zero-order valence-electron chi connectivity index (χ0n) is 11.8. The van der Waals surface area contributed by atoms with Crippen molar-refractivity contribution in [3.8, 4) is 0 Å². The second-order valence-electron chi connectivity index (χ2n) is 5.05. The molecule has 3 rings (SSSR count). The van der Waals surface area contributed by atoms with E-state index in [1.54, 1.807) is 4.90 Å². The van der Waals surface area contributed by atoms with Crippen LogP contribution in [0.5, 0.6) is 0 Å². The summed E-state index contributed by atoms with van der Waals surface area (Å²) in [4.78, 5) is 39.2. The molecule has 112 valence electrons. The third kappa shape index (κ3) is 2.76. The number of aromatic amines is 1. The lowest BCUT2D eigenvalue weighted by Crippen LogP contribution is -2.39. The summed E-state index contributed by atoms with van der Waals surface area (Å²) in [5.74, 6) is -0.542. The van der Waals surface area contributed by atoms with E-state index in [1.807, 2.05) is 24.3 Å². The van der Waals surface area contributed by atoms with E-state index in [0.717, 1.165) is 17.7 Å². The van der Waals surface area contributed by atoms with Crippen molar-refractivity contribution >= 4 is 17.5 Å². The van der Waals surface area contributed by atoms with Gasteiger partial charge >= 0.3 is 0 Å². The van der Waals surface area contributed by atoms with Gasteiger partial charge in [-0.25, -0.2) is 0 Å². The monoisotopic (exact) mass is 297 g/mol. The molecular formula is C16H15N3O3. The van der Waals surface area contributed by atoms with Gasteiger partial charge in [0.05, 0.1) is 12.1 Å². The van der Waals surface area contributed by atoms with E-state index in [0.29, 0.717) is 12.1 Å². The van der Waals surface area contributed by atoms with Gasteiger partial charge in [0.2, 0.25) is 11.5 Å². The first-order valence-electron chi connectivity index (χ1n) is 7.00. The quantitative estimate of drug-likeness (QED) is 0.874. The standard InChI is InChI=1S/C16H15N3O3/c20-14-6-5-12(9-17-14)16(22)18-10-15(21)19-8-7-11-3-1-2-4-13(11)19/h1-6,9H,7-8,10H2,(H,17,20)(H,18,22). The van der Waals surface area contributed by atoms with Gasteiger partial charge in [0.25, 0.3) is 5.91 Å². The topological polar surface area (TPSA) is 82.3 Å². The molecule has 22 heavy (non-hydrogen) atoms. The zero-order chi connectivity index (χ0) is 15.5. The Hall–Kier alpha value is -2.89. The van der Waals surface area contributed by atoms with Gasteiger partial charge < -0.3 is 15.2 Å². The fourth-order valence-corrected chi connectivity index (χ4v) is 2.50. The van der Waals surface area contributed by atoms with Crippen LogP contribution >= 0.6 is 0 Å². The Bertz CT molecular complexity index is 762. The van der Waals surface area contributed by atoms with E-state index in [-0.39, 0.29) is 18.0 Å². The highest BCUT2D eigenvalue weighted by Crippen LogP contribution is 2.27. The van der Waals surface area contributed by atoms with E-state index < -0.39 is 5.91 Å². The number of aromatic nitrogens is 1. The molecule has 1 aliphatic heterocycles. The van der Waals surface area contributed by atoms with Crippen molar-refractivity contribution in [2.45, 2.75) is 6.42 Å². The van der Waals surface area contributed by atoms with Crippen LogP contribution in [0.1, 0.15) is 15.9 Å². The molecule has 0 unspecified atom stereocenters. The summed E-state index contributed by atoms with van der Waals surface area (Å²) in [5, 5.41) is 2.57. The number of hydrogen-bond acceptors (Lipinski definition) is 3. The van der Waals surface area contributed by atoms with Crippen molar-refractivity contribution in [2.24, 2.45) is 0 Å². The summed E-state index contributed by atoms with van der Waals surface area (Å²) in [6, 6.07) is 10.4. The van der Waals surface area contributed by atoms with Crippen molar-refractivity contribution in [3.05, 3.63) is 64.1 Å². The van der Waals surface area contributed by atoms with Crippen LogP contribution < -0.4 is 15.8 Å². The molecule has 0 saturated heterocycles. The fourth-order valence-electron chi connectivity index (χ4n) is 2.50. The first kappa shape index (κ1) is 14.1. The van der Waals surface area contributed by atoms with Crippen LogP contribution in [-0.4, -0.2) is 29.9 Å². The SMILES string of the molecule is O=C(NCC(=O)N1CCc2ccccc21)c1ccc(=O)[nH]c1. The van der Waals surface area contributed by atoms with Gasteiger partial charge in [0.1, 0.15) is 0 Å².